The summed E-state index contributed by atoms with van der Waals surface area (Å²) >= 11 is 0. The van der Waals surface area contributed by atoms with Gasteiger partial charge in [-0.05, 0) is 18.9 Å². The van der Waals surface area contributed by atoms with Crippen molar-refractivity contribution in [2.24, 2.45) is 0 Å². The Bertz CT molecular complexity index is 1040. The van der Waals surface area contributed by atoms with Gasteiger partial charge >= 0.3 is 6.03 Å². The van der Waals surface area contributed by atoms with E-state index >= 15 is 0 Å². The highest BCUT2D eigenvalue weighted by molar-refractivity contribution is 7.91. The number of rotatable bonds is 9. The molecule has 1 fully saturated rings. The van der Waals surface area contributed by atoms with E-state index < -0.39 is 38.6 Å². The minimum Gasteiger partial charge on any atom is -0.383 e. The van der Waals surface area contributed by atoms with E-state index in [4.69, 9.17) is 4.74 Å². The van der Waals surface area contributed by atoms with Crippen molar-refractivity contribution in [3.8, 4) is 0 Å². The normalized spacial score (nSPS) is 19.2. The van der Waals surface area contributed by atoms with Gasteiger partial charge in [-0.3, -0.25) is 24.6 Å². The maximum Gasteiger partial charge on any atom is 0.317 e. The van der Waals surface area contributed by atoms with E-state index in [1.807, 2.05) is 0 Å². The fraction of sp³-hybridized carbons (Fsp3) is 0.526. The molecule has 174 valence electrons. The van der Waals surface area contributed by atoms with E-state index in [1.54, 1.807) is 0 Å². The predicted molar refractivity (Wildman–Crippen MR) is 112 cm³/mol. The lowest BCUT2D eigenvalue weighted by molar-refractivity contribution is -0.384. The quantitative estimate of drug-likeness (QED) is 0.237. The fourth-order valence-electron chi connectivity index (χ4n) is 3.79. The van der Waals surface area contributed by atoms with Gasteiger partial charge in [0.2, 0.25) is 0 Å². The summed E-state index contributed by atoms with van der Waals surface area (Å²) in [7, 11) is -1.68. The number of carbonyl (C=O) groups is 3. The van der Waals surface area contributed by atoms with E-state index in [0.29, 0.717) is 6.42 Å². The third-order valence-electron chi connectivity index (χ3n) is 5.45. The second kappa shape index (κ2) is 9.61. The number of hydrogen-bond acceptors (Lipinski definition) is 8. The largest absolute Gasteiger partial charge is 0.383 e. The molecule has 0 aromatic heterocycles. The van der Waals surface area contributed by atoms with Gasteiger partial charge in [-0.1, -0.05) is 0 Å². The number of amides is 4. The minimum atomic E-state index is -3.17. The maximum atomic E-state index is 12.6. The summed E-state index contributed by atoms with van der Waals surface area (Å²) in [5.41, 5.74) is -0.177. The van der Waals surface area contributed by atoms with Crippen molar-refractivity contribution in [3.63, 3.8) is 0 Å². The molecule has 3 rings (SSSR count). The molecule has 0 saturated carbocycles. The zero-order valence-corrected chi connectivity index (χ0v) is 18.3. The standard InChI is InChI=1S/C19H24N4O8S/c1-31-9-8-21(14-5-10-32(29,30)12-14)19(26)20-6-2-7-22-17(24)15-4-3-13(23(27)28)11-16(15)18(22)25/h3-4,11,14H,2,5-10,12H2,1H3,(H,20,26). The van der Waals surface area contributed by atoms with Gasteiger partial charge in [0.05, 0.1) is 34.2 Å². The van der Waals surface area contributed by atoms with Gasteiger partial charge in [-0.25, -0.2) is 13.2 Å². The molecule has 32 heavy (non-hydrogen) atoms. The Labute approximate surface area is 184 Å². The van der Waals surface area contributed by atoms with Crippen LogP contribution in [0.3, 0.4) is 0 Å². The lowest BCUT2D eigenvalue weighted by Crippen LogP contribution is -2.48. The number of methoxy groups -OCH3 is 1. The van der Waals surface area contributed by atoms with Gasteiger partial charge in [-0.2, -0.15) is 0 Å². The molecule has 4 amide bonds. The third-order valence-corrected chi connectivity index (χ3v) is 7.20. The number of benzene rings is 1. The molecular formula is C19H24N4O8S. The fourth-order valence-corrected chi connectivity index (χ4v) is 5.52. The first-order valence-electron chi connectivity index (χ1n) is 10.0. The molecule has 1 N–H and O–H groups in total. The molecule has 0 spiro atoms. The summed E-state index contributed by atoms with van der Waals surface area (Å²) in [5.74, 6) is -1.21. The van der Waals surface area contributed by atoms with Crippen LogP contribution in [-0.4, -0.2) is 91.9 Å². The molecule has 13 heteroatoms. The van der Waals surface area contributed by atoms with Crippen molar-refractivity contribution in [2.45, 2.75) is 18.9 Å². The number of nitro benzene ring substituents is 1. The summed E-state index contributed by atoms with van der Waals surface area (Å²) in [5, 5.41) is 13.6. The highest BCUT2D eigenvalue weighted by Gasteiger charge is 2.37. The Hall–Kier alpha value is -3.06. The van der Waals surface area contributed by atoms with Crippen LogP contribution in [0.5, 0.6) is 0 Å². The summed E-state index contributed by atoms with van der Waals surface area (Å²) in [6.45, 7) is 0.663. The number of ether oxygens (including phenoxy) is 1. The smallest absolute Gasteiger partial charge is 0.317 e. The highest BCUT2D eigenvalue weighted by atomic mass is 32.2. The van der Waals surface area contributed by atoms with Crippen LogP contribution in [0.25, 0.3) is 0 Å². The Morgan fingerprint density at radius 2 is 2.03 bits per heavy atom. The molecule has 2 aliphatic rings. The van der Waals surface area contributed by atoms with Crippen LogP contribution < -0.4 is 5.32 Å². The summed E-state index contributed by atoms with van der Waals surface area (Å²) in [6, 6.07) is 2.65. The van der Waals surface area contributed by atoms with Crippen molar-refractivity contribution in [2.75, 3.05) is 44.9 Å². The van der Waals surface area contributed by atoms with Crippen LogP contribution in [0, 0.1) is 10.1 Å². The molecule has 2 aliphatic heterocycles. The van der Waals surface area contributed by atoms with Crippen LogP contribution in [0.15, 0.2) is 18.2 Å². The Balaban J connectivity index is 1.54. The van der Waals surface area contributed by atoms with E-state index in [-0.39, 0.29) is 61.0 Å². The first-order valence-corrected chi connectivity index (χ1v) is 11.8. The number of fused-ring (bicyclic) bond motifs is 1. The second-order valence-corrected chi connectivity index (χ2v) is 9.81. The second-order valence-electron chi connectivity index (χ2n) is 7.58. The summed E-state index contributed by atoms with van der Waals surface area (Å²) < 4.78 is 28.5. The van der Waals surface area contributed by atoms with E-state index in [1.165, 1.54) is 24.1 Å². The molecule has 1 aromatic carbocycles. The molecule has 12 nitrogen and oxygen atoms in total. The number of non-ortho nitro benzene ring substituents is 1. The number of urea groups is 1. The van der Waals surface area contributed by atoms with Crippen LogP contribution in [0.4, 0.5) is 10.5 Å². The number of nitrogens with zero attached hydrogens (tertiary/aromatic N) is 3. The number of nitro groups is 1. The molecule has 2 heterocycles. The summed E-state index contributed by atoms with van der Waals surface area (Å²) in [4.78, 5) is 50.2. The monoisotopic (exact) mass is 468 g/mol. The van der Waals surface area contributed by atoms with Crippen LogP contribution in [0.2, 0.25) is 0 Å². The number of nitrogens with one attached hydrogen (secondary N) is 1. The van der Waals surface area contributed by atoms with Gasteiger partial charge in [0, 0.05) is 44.9 Å². The van der Waals surface area contributed by atoms with Gasteiger partial charge < -0.3 is 15.0 Å². The van der Waals surface area contributed by atoms with Crippen molar-refractivity contribution < 1.29 is 32.5 Å². The summed E-state index contributed by atoms with van der Waals surface area (Å²) in [6.07, 6.45) is 0.626. The molecule has 1 saturated heterocycles. The van der Waals surface area contributed by atoms with E-state index in [9.17, 15) is 32.9 Å². The molecule has 1 aromatic rings. The van der Waals surface area contributed by atoms with Crippen LogP contribution in [-0.2, 0) is 14.6 Å². The Morgan fingerprint density at radius 3 is 2.66 bits per heavy atom. The number of sulfone groups is 1. The molecule has 1 unspecified atom stereocenters. The van der Waals surface area contributed by atoms with Crippen molar-refractivity contribution >= 4 is 33.4 Å². The average molecular weight is 468 g/mol. The maximum absolute atomic E-state index is 12.6. The number of imide groups is 1. The van der Waals surface area contributed by atoms with Crippen molar-refractivity contribution in [3.05, 3.63) is 39.4 Å². The lowest BCUT2D eigenvalue weighted by Gasteiger charge is -2.28. The molecule has 1 atom stereocenters. The third kappa shape index (κ3) is 5.05. The Morgan fingerprint density at radius 1 is 1.31 bits per heavy atom. The van der Waals surface area contributed by atoms with Crippen molar-refractivity contribution in [1.29, 1.82) is 0 Å². The van der Waals surface area contributed by atoms with Crippen molar-refractivity contribution in [1.82, 2.24) is 15.1 Å². The van der Waals surface area contributed by atoms with E-state index in [0.717, 1.165) is 11.0 Å². The lowest BCUT2D eigenvalue weighted by atomic mass is 10.1. The predicted octanol–water partition coefficient (Wildman–Crippen LogP) is 0.426. The molecule has 0 aliphatic carbocycles. The minimum absolute atomic E-state index is 0.0126. The molecular weight excluding hydrogens is 444 g/mol. The molecule has 0 bridgehead atoms. The van der Waals surface area contributed by atoms with Crippen LogP contribution in [0.1, 0.15) is 33.6 Å². The SMILES string of the molecule is COCCN(C(=O)NCCCN1C(=O)c2ccc([N+](=O)[O-])cc2C1=O)C1CCS(=O)(=O)C1. The Kier molecular flexibility index (Phi) is 7.09. The topological polar surface area (TPSA) is 156 Å². The van der Waals surface area contributed by atoms with Gasteiger partial charge in [0.25, 0.3) is 17.5 Å². The van der Waals surface area contributed by atoms with Crippen LogP contribution >= 0.6 is 0 Å². The zero-order valence-electron chi connectivity index (χ0n) is 17.5. The molecule has 0 radical (unpaired) electrons. The van der Waals surface area contributed by atoms with Gasteiger partial charge in [-0.15, -0.1) is 0 Å². The van der Waals surface area contributed by atoms with E-state index in [2.05, 4.69) is 5.32 Å². The average Bonchev–Trinajstić information content (AvgIpc) is 3.22. The number of carbonyl (C=O) groups excluding carboxylic acids is 3. The first kappa shape index (κ1) is 23.6. The zero-order chi connectivity index (χ0) is 23.5. The van der Waals surface area contributed by atoms with Gasteiger partial charge in [0.1, 0.15) is 0 Å². The highest BCUT2D eigenvalue weighted by Crippen LogP contribution is 2.26. The first-order chi connectivity index (χ1) is 15.1. The van der Waals surface area contributed by atoms with Gasteiger partial charge in [0.15, 0.2) is 9.84 Å². The number of hydrogen-bond donors (Lipinski definition) is 1.